The van der Waals surface area contributed by atoms with Crippen LogP contribution in [-0.4, -0.2) is 28.7 Å². The summed E-state index contributed by atoms with van der Waals surface area (Å²) in [4.78, 5) is 13.9. The molecule has 0 aliphatic heterocycles. The van der Waals surface area contributed by atoms with Crippen LogP contribution in [0.15, 0.2) is 18.2 Å². The molecule has 1 rings (SSSR count). The fourth-order valence-electron chi connectivity index (χ4n) is 1.41. The SMILES string of the molecule is Cc1cc(F)ccc1C(=O)N(C)C(C)(C)CBr. The molecule has 0 heterocycles. The zero-order valence-corrected chi connectivity index (χ0v) is 12.1. The van der Waals surface area contributed by atoms with E-state index in [2.05, 4.69) is 15.9 Å². The van der Waals surface area contributed by atoms with Crippen LogP contribution < -0.4 is 0 Å². The predicted molar refractivity (Wildman–Crippen MR) is 71.1 cm³/mol. The van der Waals surface area contributed by atoms with E-state index in [9.17, 15) is 9.18 Å². The Labute approximate surface area is 110 Å². The average molecular weight is 302 g/mol. The topological polar surface area (TPSA) is 20.3 Å². The van der Waals surface area contributed by atoms with Crippen molar-refractivity contribution in [1.29, 1.82) is 0 Å². The predicted octanol–water partition coefficient (Wildman–Crippen LogP) is 3.38. The van der Waals surface area contributed by atoms with Crippen LogP contribution in [0, 0.1) is 12.7 Å². The molecule has 0 unspecified atom stereocenters. The number of halogens is 2. The third-order valence-electron chi connectivity index (χ3n) is 2.96. The summed E-state index contributed by atoms with van der Waals surface area (Å²) in [5, 5.41) is 0.683. The molecule has 0 saturated carbocycles. The first-order chi connectivity index (χ1) is 7.79. The van der Waals surface area contributed by atoms with Gasteiger partial charge in [0.25, 0.3) is 5.91 Å². The second kappa shape index (κ2) is 5.17. The van der Waals surface area contributed by atoms with Gasteiger partial charge >= 0.3 is 0 Å². The summed E-state index contributed by atoms with van der Waals surface area (Å²) in [6.07, 6.45) is 0. The third kappa shape index (κ3) is 3.06. The number of nitrogens with zero attached hydrogens (tertiary/aromatic N) is 1. The lowest BCUT2D eigenvalue weighted by Crippen LogP contribution is -2.46. The summed E-state index contributed by atoms with van der Waals surface area (Å²) in [6.45, 7) is 5.68. The lowest BCUT2D eigenvalue weighted by Gasteiger charge is -2.34. The molecule has 0 radical (unpaired) electrons. The van der Waals surface area contributed by atoms with Gasteiger partial charge in [0.15, 0.2) is 0 Å². The first-order valence-electron chi connectivity index (χ1n) is 5.40. The van der Waals surface area contributed by atoms with E-state index in [4.69, 9.17) is 0 Å². The van der Waals surface area contributed by atoms with Crippen molar-refractivity contribution in [3.63, 3.8) is 0 Å². The molecular weight excluding hydrogens is 285 g/mol. The van der Waals surface area contributed by atoms with E-state index in [0.29, 0.717) is 16.5 Å². The Hall–Kier alpha value is -0.900. The smallest absolute Gasteiger partial charge is 0.254 e. The number of carbonyl (C=O) groups is 1. The molecular formula is C13H17BrFNO. The Balaban J connectivity index is 3.05. The largest absolute Gasteiger partial charge is 0.336 e. The Bertz CT molecular complexity index is 431. The van der Waals surface area contributed by atoms with E-state index in [-0.39, 0.29) is 17.3 Å². The van der Waals surface area contributed by atoms with Crippen molar-refractivity contribution in [2.45, 2.75) is 26.3 Å². The summed E-state index contributed by atoms with van der Waals surface area (Å²) in [5.74, 6) is -0.409. The van der Waals surface area contributed by atoms with Crippen LogP contribution in [0.1, 0.15) is 29.8 Å². The van der Waals surface area contributed by atoms with Crippen molar-refractivity contribution in [2.75, 3.05) is 12.4 Å². The molecule has 0 aromatic heterocycles. The number of benzene rings is 1. The van der Waals surface area contributed by atoms with Gasteiger partial charge in [-0.1, -0.05) is 15.9 Å². The van der Waals surface area contributed by atoms with Crippen LogP contribution in [0.5, 0.6) is 0 Å². The molecule has 0 spiro atoms. The summed E-state index contributed by atoms with van der Waals surface area (Å²) in [6, 6.07) is 4.23. The van der Waals surface area contributed by atoms with Crippen molar-refractivity contribution < 1.29 is 9.18 Å². The first kappa shape index (κ1) is 14.2. The second-order valence-corrected chi connectivity index (χ2v) is 5.33. The fraction of sp³-hybridized carbons (Fsp3) is 0.462. The number of carbonyl (C=O) groups excluding carboxylic acids is 1. The van der Waals surface area contributed by atoms with Crippen molar-refractivity contribution in [3.05, 3.63) is 35.1 Å². The number of hydrogen-bond donors (Lipinski definition) is 0. The lowest BCUT2D eigenvalue weighted by atomic mass is 10.0. The molecule has 0 fully saturated rings. The normalized spacial score (nSPS) is 11.4. The maximum Gasteiger partial charge on any atom is 0.254 e. The molecule has 1 amide bonds. The van der Waals surface area contributed by atoms with Crippen LogP contribution in [0.25, 0.3) is 0 Å². The zero-order chi connectivity index (χ0) is 13.2. The maximum absolute atomic E-state index is 13.0. The minimum atomic E-state index is -0.318. The fourth-order valence-corrected chi connectivity index (χ4v) is 1.79. The second-order valence-electron chi connectivity index (χ2n) is 4.77. The van der Waals surface area contributed by atoms with Gasteiger partial charge in [-0.2, -0.15) is 0 Å². The Kier molecular flexibility index (Phi) is 4.31. The molecule has 0 aliphatic carbocycles. The maximum atomic E-state index is 13.0. The van der Waals surface area contributed by atoms with Crippen molar-refractivity contribution in [1.82, 2.24) is 4.90 Å². The van der Waals surface area contributed by atoms with Crippen LogP contribution in [0.3, 0.4) is 0 Å². The third-order valence-corrected chi connectivity index (χ3v) is 4.33. The van der Waals surface area contributed by atoms with Crippen LogP contribution >= 0.6 is 15.9 Å². The van der Waals surface area contributed by atoms with Crippen molar-refractivity contribution in [3.8, 4) is 0 Å². The van der Waals surface area contributed by atoms with Gasteiger partial charge in [0.1, 0.15) is 5.82 Å². The number of alkyl halides is 1. The molecule has 4 heteroatoms. The number of rotatable bonds is 3. The van der Waals surface area contributed by atoms with E-state index < -0.39 is 0 Å². The highest BCUT2D eigenvalue weighted by molar-refractivity contribution is 9.09. The highest BCUT2D eigenvalue weighted by atomic mass is 79.9. The lowest BCUT2D eigenvalue weighted by molar-refractivity contribution is 0.0663. The number of aryl methyl sites for hydroxylation is 1. The van der Waals surface area contributed by atoms with Gasteiger partial charge < -0.3 is 4.90 Å². The van der Waals surface area contributed by atoms with Gasteiger partial charge in [-0.25, -0.2) is 4.39 Å². The van der Waals surface area contributed by atoms with E-state index in [1.54, 1.807) is 18.9 Å². The van der Waals surface area contributed by atoms with Gasteiger partial charge in [0, 0.05) is 23.5 Å². The zero-order valence-electron chi connectivity index (χ0n) is 10.6. The van der Waals surface area contributed by atoms with Crippen LogP contribution in [-0.2, 0) is 0 Å². The highest BCUT2D eigenvalue weighted by Crippen LogP contribution is 2.20. The molecule has 1 aromatic carbocycles. The van der Waals surface area contributed by atoms with Crippen molar-refractivity contribution >= 4 is 21.8 Å². The Morgan fingerprint density at radius 2 is 2.06 bits per heavy atom. The summed E-state index contributed by atoms with van der Waals surface area (Å²) in [5.41, 5.74) is 0.924. The van der Waals surface area contributed by atoms with E-state index in [0.717, 1.165) is 0 Å². The van der Waals surface area contributed by atoms with Crippen molar-refractivity contribution in [2.24, 2.45) is 0 Å². The van der Waals surface area contributed by atoms with Gasteiger partial charge in [0.2, 0.25) is 0 Å². The average Bonchev–Trinajstić information content (AvgIpc) is 2.27. The Morgan fingerprint density at radius 1 is 1.47 bits per heavy atom. The quantitative estimate of drug-likeness (QED) is 0.784. The standard InChI is InChI=1S/C13H17BrFNO/c1-9-7-10(15)5-6-11(9)12(17)16(4)13(2,3)8-14/h5-7H,8H2,1-4H3. The molecule has 0 N–H and O–H groups in total. The van der Waals surface area contributed by atoms with Crippen LogP contribution in [0.2, 0.25) is 0 Å². The van der Waals surface area contributed by atoms with E-state index >= 15 is 0 Å². The molecule has 0 saturated heterocycles. The summed E-state index contributed by atoms with van der Waals surface area (Å²) in [7, 11) is 1.76. The summed E-state index contributed by atoms with van der Waals surface area (Å²) >= 11 is 3.39. The highest BCUT2D eigenvalue weighted by Gasteiger charge is 2.27. The molecule has 94 valence electrons. The first-order valence-corrected chi connectivity index (χ1v) is 6.52. The van der Waals surface area contributed by atoms with Gasteiger partial charge in [-0.3, -0.25) is 4.79 Å². The molecule has 1 aromatic rings. The van der Waals surface area contributed by atoms with Gasteiger partial charge in [-0.05, 0) is 44.5 Å². The monoisotopic (exact) mass is 301 g/mol. The van der Waals surface area contributed by atoms with Gasteiger partial charge in [0.05, 0.1) is 0 Å². The molecule has 17 heavy (non-hydrogen) atoms. The van der Waals surface area contributed by atoms with Crippen LogP contribution in [0.4, 0.5) is 4.39 Å². The van der Waals surface area contributed by atoms with E-state index in [1.807, 2.05) is 13.8 Å². The Morgan fingerprint density at radius 3 is 2.53 bits per heavy atom. The minimum Gasteiger partial charge on any atom is -0.336 e. The van der Waals surface area contributed by atoms with E-state index in [1.165, 1.54) is 18.2 Å². The van der Waals surface area contributed by atoms with Gasteiger partial charge in [-0.15, -0.1) is 0 Å². The summed E-state index contributed by atoms with van der Waals surface area (Å²) < 4.78 is 13.0. The molecule has 0 bridgehead atoms. The molecule has 0 aliphatic rings. The minimum absolute atomic E-state index is 0.0908. The number of hydrogen-bond acceptors (Lipinski definition) is 1. The number of amides is 1. The molecule has 2 nitrogen and oxygen atoms in total. The molecule has 0 atom stereocenters.